The first-order chi connectivity index (χ1) is 6.89. The predicted octanol–water partition coefficient (Wildman–Crippen LogP) is 3.09. The third-order valence-corrected chi connectivity index (χ3v) is 2.57. The molecular formula is C11H12ClFN2. The Morgan fingerprint density at radius 3 is 2.60 bits per heavy atom. The van der Waals surface area contributed by atoms with Crippen molar-refractivity contribution in [2.75, 3.05) is 0 Å². The molecule has 0 aliphatic heterocycles. The molecule has 1 aromatic heterocycles. The molecule has 2 N–H and O–H groups in total. The highest BCUT2D eigenvalue weighted by Gasteiger charge is 2.19. The molecule has 0 atom stereocenters. The van der Waals surface area contributed by atoms with Crippen LogP contribution in [0.25, 0.3) is 10.9 Å². The van der Waals surface area contributed by atoms with Gasteiger partial charge in [0.1, 0.15) is 11.0 Å². The molecule has 0 aliphatic rings. The van der Waals surface area contributed by atoms with Gasteiger partial charge < -0.3 is 10.3 Å². The maximum Gasteiger partial charge on any atom is 0.123 e. The summed E-state index contributed by atoms with van der Waals surface area (Å²) in [5.74, 6) is -0.272. The molecule has 15 heavy (non-hydrogen) atoms. The van der Waals surface area contributed by atoms with Crippen molar-refractivity contribution in [1.82, 2.24) is 4.57 Å². The van der Waals surface area contributed by atoms with Gasteiger partial charge in [0.2, 0.25) is 0 Å². The van der Waals surface area contributed by atoms with E-state index in [9.17, 15) is 4.39 Å². The van der Waals surface area contributed by atoms with Crippen molar-refractivity contribution < 1.29 is 4.39 Å². The van der Waals surface area contributed by atoms with Crippen molar-refractivity contribution in [2.45, 2.75) is 19.5 Å². The first kappa shape index (κ1) is 10.5. The second kappa shape index (κ2) is 3.22. The third kappa shape index (κ3) is 1.73. The number of benzene rings is 1. The zero-order valence-electron chi connectivity index (χ0n) is 8.59. The van der Waals surface area contributed by atoms with Gasteiger partial charge >= 0.3 is 0 Å². The Morgan fingerprint density at radius 2 is 2.00 bits per heavy atom. The minimum atomic E-state index is -0.601. The van der Waals surface area contributed by atoms with Crippen LogP contribution >= 0.6 is 11.6 Å². The molecule has 0 fully saturated rings. The van der Waals surface area contributed by atoms with Gasteiger partial charge in [-0.05, 0) is 38.1 Å². The maximum absolute atomic E-state index is 13.0. The quantitative estimate of drug-likeness (QED) is 0.796. The van der Waals surface area contributed by atoms with Crippen molar-refractivity contribution in [2.24, 2.45) is 5.73 Å². The van der Waals surface area contributed by atoms with Crippen molar-refractivity contribution in [3.05, 3.63) is 35.2 Å². The molecule has 80 valence electrons. The number of fused-ring (bicyclic) bond motifs is 1. The van der Waals surface area contributed by atoms with E-state index < -0.39 is 5.66 Å². The summed E-state index contributed by atoms with van der Waals surface area (Å²) in [7, 11) is 0. The fourth-order valence-electron chi connectivity index (χ4n) is 1.74. The second-order valence-corrected chi connectivity index (χ2v) is 4.55. The van der Waals surface area contributed by atoms with Gasteiger partial charge in [0, 0.05) is 5.39 Å². The summed E-state index contributed by atoms with van der Waals surface area (Å²) in [5.41, 5.74) is 6.23. The molecule has 4 heteroatoms. The van der Waals surface area contributed by atoms with Crippen LogP contribution in [-0.4, -0.2) is 4.57 Å². The molecule has 2 nitrogen and oxygen atoms in total. The van der Waals surface area contributed by atoms with Crippen LogP contribution in [0.5, 0.6) is 0 Å². The summed E-state index contributed by atoms with van der Waals surface area (Å²) in [4.78, 5) is 0. The lowest BCUT2D eigenvalue weighted by Crippen LogP contribution is -2.36. The number of rotatable bonds is 1. The number of hydrogen-bond donors (Lipinski definition) is 1. The molecule has 0 saturated carbocycles. The normalized spacial score (nSPS) is 12.3. The topological polar surface area (TPSA) is 30.9 Å². The fraction of sp³-hybridized carbons (Fsp3) is 0.273. The van der Waals surface area contributed by atoms with Crippen molar-refractivity contribution in [3.63, 3.8) is 0 Å². The van der Waals surface area contributed by atoms with E-state index in [0.29, 0.717) is 5.15 Å². The SMILES string of the molecule is CC(C)(N)n1c(Cl)cc2cc(F)ccc21. The van der Waals surface area contributed by atoms with Crippen LogP contribution in [0.15, 0.2) is 24.3 Å². The van der Waals surface area contributed by atoms with E-state index in [4.69, 9.17) is 17.3 Å². The van der Waals surface area contributed by atoms with Crippen LogP contribution in [0.2, 0.25) is 5.15 Å². The zero-order chi connectivity index (χ0) is 11.2. The van der Waals surface area contributed by atoms with Crippen LogP contribution in [0.3, 0.4) is 0 Å². The van der Waals surface area contributed by atoms with Gasteiger partial charge in [0.15, 0.2) is 0 Å². The van der Waals surface area contributed by atoms with Crippen LogP contribution in [0.4, 0.5) is 4.39 Å². The van der Waals surface area contributed by atoms with Crippen molar-refractivity contribution in [1.29, 1.82) is 0 Å². The summed E-state index contributed by atoms with van der Waals surface area (Å²) in [6.45, 7) is 3.70. The van der Waals surface area contributed by atoms with Crippen LogP contribution < -0.4 is 5.73 Å². The highest BCUT2D eigenvalue weighted by Crippen LogP contribution is 2.28. The minimum absolute atomic E-state index is 0.272. The second-order valence-electron chi connectivity index (χ2n) is 4.16. The lowest BCUT2D eigenvalue weighted by Gasteiger charge is -2.23. The molecule has 0 unspecified atom stereocenters. The van der Waals surface area contributed by atoms with Gasteiger partial charge in [0.05, 0.1) is 11.2 Å². The number of hydrogen-bond acceptors (Lipinski definition) is 1. The smallest absolute Gasteiger partial charge is 0.123 e. The summed E-state index contributed by atoms with van der Waals surface area (Å²) in [6.07, 6.45) is 0. The Morgan fingerprint density at radius 1 is 1.33 bits per heavy atom. The number of halogens is 2. The summed E-state index contributed by atoms with van der Waals surface area (Å²) < 4.78 is 14.8. The minimum Gasteiger partial charge on any atom is -0.313 e. The predicted molar refractivity (Wildman–Crippen MR) is 60.4 cm³/mol. The van der Waals surface area contributed by atoms with E-state index in [1.165, 1.54) is 12.1 Å². The molecule has 0 spiro atoms. The largest absolute Gasteiger partial charge is 0.313 e. The van der Waals surface area contributed by atoms with Gasteiger partial charge in [0.25, 0.3) is 0 Å². The molecule has 0 radical (unpaired) electrons. The average Bonchev–Trinajstić information content (AvgIpc) is 2.38. The first-order valence-electron chi connectivity index (χ1n) is 4.65. The van der Waals surface area contributed by atoms with Crippen molar-refractivity contribution in [3.8, 4) is 0 Å². The molecule has 0 aliphatic carbocycles. The fourth-order valence-corrected chi connectivity index (χ4v) is 2.16. The summed E-state index contributed by atoms with van der Waals surface area (Å²) in [5, 5.41) is 1.28. The Labute approximate surface area is 92.4 Å². The Bertz CT molecular complexity index is 511. The molecule has 1 aromatic carbocycles. The Hall–Kier alpha value is -1.06. The molecule has 0 amide bonds. The molecule has 0 saturated heterocycles. The lowest BCUT2D eigenvalue weighted by atomic mass is 10.2. The van der Waals surface area contributed by atoms with Crippen LogP contribution in [0.1, 0.15) is 13.8 Å². The number of aromatic nitrogens is 1. The number of nitrogens with two attached hydrogens (primary N) is 1. The van der Waals surface area contributed by atoms with Gasteiger partial charge in [-0.15, -0.1) is 0 Å². The van der Waals surface area contributed by atoms with Gasteiger partial charge in [-0.25, -0.2) is 4.39 Å². The highest BCUT2D eigenvalue weighted by atomic mass is 35.5. The van der Waals surface area contributed by atoms with E-state index in [-0.39, 0.29) is 5.82 Å². The standard InChI is InChI=1S/C11H12ClFN2/c1-11(2,14)15-9-4-3-8(13)5-7(9)6-10(15)12/h3-6H,14H2,1-2H3. The van der Waals surface area contributed by atoms with Gasteiger partial charge in [-0.3, -0.25) is 0 Å². The third-order valence-electron chi connectivity index (χ3n) is 2.30. The van der Waals surface area contributed by atoms with Gasteiger partial charge in [-0.1, -0.05) is 11.6 Å². The van der Waals surface area contributed by atoms with Gasteiger partial charge in [-0.2, -0.15) is 0 Å². The average molecular weight is 227 g/mol. The first-order valence-corrected chi connectivity index (χ1v) is 5.03. The highest BCUT2D eigenvalue weighted by molar-refractivity contribution is 6.31. The van der Waals surface area contributed by atoms with E-state index in [1.54, 1.807) is 16.7 Å². The van der Waals surface area contributed by atoms with E-state index in [0.717, 1.165) is 10.9 Å². The van der Waals surface area contributed by atoms with E-state index in [2.05, 4.69) is 0 Å². The lowest BCUT2D eigenvalue weighted by molar-refractivity contribution is 0.385. The summed E-state index contributed by atoms with van der Waals surface area (Å²) in [6, 6.07) is 6.25. The Kier molecular flexibility index (Phi) is 2.24. The van der Waals surface area contributed by atoms with Crippen LogP contribution in [-0.2, 0) is 5.66 Å². The zero-order valence-corrected chi connectivity index (χ0v) is 9.35. The molecule has 1 heterocycles. The number of nitrogens with zero attached hydrogens (tertiary/aromatic N) is 1. The molecular weight excluding hydrogens is 215 g/mol. The Balaban J connectivity index is 2.80. The summed E-state index contributed by atoms with van der Waals surface area (Å²) >= 11 is 6.07. The molecule has 2 rings (SSSR count). The maximum atomic E-state index is 13.0. The van der Waals surface area contributed by atoms with E-state index in [1.807, 2.05) is 13.8 Å². The van der Waals surface area contributed by atoms with E-state index >= 15 is 0 Å². The van der Waals surface area contributed by atoms with Crippen LogP contribution in [0, 0.1) is 5.82 Å². The molecule has 2 aromatic rings. The molecule has 0 bridgehead atoms. The van der Waals surface area contributed by atoms with Crippen molar-refractivity contribution >= 4 is 22.5 Å². The monoisotopic (exact) mass is 226 g/mol.